The normalized spacial score (nSPS) is 14.5. The molecule has 0 aliphatic carbocycles. The Morgan fingerprint density at radius 3 is 2.58 bits per heavy atom. The van der Waals surface area contributed by atoms with E-state index in [2.05, 4.69) is 42.8 Å². The largest absolute Gasteiger partial charge is 0.353 e. The second-order valence-corrected chi connectivity index (χ2v) is 8.98. The first-order valence-electron chi connectivity index (χ1n) is 10.3. The summed E-state index contributed by atoms with van der Waals surface area (Å²) in [4.78, 5) is 35.2. The number of aldehydes is 1. The Kier molecular flexibility index (Phi) is 6.38. The molecular weight excluding hydrogens is 458 g/mol. The van der Waals surface area contributed by atoms with Crippen LogP contribution in [-0.4, -0.2) is 71.8 Å². The minimum absolute atomic E-state index is 0.00156. The molecule has 1 amide bonds. The van der Waals surface area contributed by atoms with Crippen LogP contribution >= 0.6 is 15.9 Å². The van der Waals surface area contributed by atoms with Gasteiger partial charge >= 0.3 is 0 Å². The molecule has 1 fully saturated rings. The Hall–Kier alpha value is -2.71. The van der Waals surface area contributed by atoms with E-state index in [9.17, 15) is 9.59 Å². The lowest BCUT2D eigenvalue weighted by molar-refractivity contribution is -0.108. The number of piperazine rings is 1. The highest BCUT2D eigenvalue weighted by atomic mass is 79.9. The van der Waals surface area contributed by atoms with Gasteiger partial charge in [-0.1, -0.05) is 22.0 Å². The number of aromatic nitrogens is 2. The summed E-state index contributed by atoms with van der Waals surface area (Å²) in [5, 5.41) is 0.863. The van der Waals surface area contributed by atoms with Crippen LogP contribution in [0, 0.1) is 0 Å². The molecular formula is C23H26BrN5O2. The average Bonchev–Trinajstić information content (AvgIpc) is 3.11. The van der Waals surface area contributed by atoms with E-state index in [1.165, 1.54) is 5.56 Å². The summed E-state index contributed by atoms with van der Waals surface area (Å²) in [7, 11) is 4.08. The maximum atomic E-state index is 13.3. The van der Waals surface area contributed by atoms with Crippen molar-refractivity contribution in [3.05, 3.63) is 58.3 Å². The van der Waals surface area contributed by atoms with Gasteiger partial charge in [0.05, 0.1) is 12.1 Å². The molecule has 2 aromatic heterocycles. The molecule has 3 aromatic rings. The molecule has 162 valence electrons. The van der Waals surface area contributed by atoms with Crippen molar-refractivity contribution in [3.63, 3.8) is 0 Å². The number of rotatable bonds is 6. The second kappa shape index (κ2) is 9.20. The first-order valence-corrected chi connectivity index (χ1v) is 11.1. The Balaban J connectivity index is 1.47. The molecule has 31 heavy (non-hydrogen) atoms. The Labute approximate surface area is 190 Å². The van der Waals surface area contributed by atoms with Gasteiger partial charge in [-0.2, -0.15) is 0 Å². The fourth-order valence-electron chi connectivity index (χ4n) is 4.04. The van der Waals surface area contributed by atoms with E-state index in [1.807, 2.05) is 48.0 Å². The zero-order valence-corrected chi connectivity index (χ0v) is 19.4. The molecule has 0 saturated carbocycles. The Morgan fingerprint density at radius 2 is 1.94 bits per heavy atom. The number of nitrogens with zero attached hydrogens (tertiary/aromatic N) is 5. The van der Waals surface area contributed by atoms with Crippen molar-refractivity contribution in [2.75, 3.05) is 45.2 Å². The molecule has 0 atom stereocenters. The van der Waals surface area contributed by atoms with Gasteiger partial charge in [-0.05, 0) is 43.9 Å². The van der Waals surface area contributed by atoms with Crippen LogP contribution in [0.5, 0.6) is 0 Å². The number of amides is 1. The molecule has 0 N–H and O–H groups in total. The molecule has 0 spiro atoms. The average molecular weight is 484 g/mol. The molecule has 0 bridgehead atoms. The zero-order valence-electron chi connectivity index (χ0n) is 17.8. The van der Waals surface area contributed by atoms with Gasteiger partial charge in [0.2, 0.25) is 0 Å². The number of carbonyl (C=O) groups excluding carboxylic acids is 2. The minimum atomic E-state index is 0.00156. The smallest absolute Gasteiger partial charge is 0.256 e. The number of pyridine rings is 1. The highest BCUT2D eigenvalue weighted by Crippen LogP contribution is 2.27. The maximum Gasteiger partial charge on any atom is 0.256 e. The molecule has 1 aliphatic rings. The van der Waals surface area contributed by atoms with Gasteiger partial charge in [0.25, 0.3) is 5.91 Å². The number of hydrogen-bond acceptors (Lipinski definition) is 5. The van der Waals surface area contributed by atoms with Crippen molar-refractivity contribution in [1.82, 2.24) is 19.4 Å². The van der Waals surface area contributed by atoms with Gasteiger partial charge in [-0.3, -0.25) is 4.79 Å². The number of carbonyl (C=O) groups is 2. The van der Waals surface area contributed by atoms with Crippen LogP contribution < -0.4 is 4.90 Å². The molecule has 4 rings (SSSR count). The van der Waals surface area contributed by atoms with Crippen molar-refractivity contribution in [2.24, 2.45) is 0 Å². The van der Waals surface area contributed by atoms with Crippen LogP contribution in [0.15, 0.2) is 47.2 Å². The van der Waals surface area contributed by atoms with Gasteiger partial charge in [-0.15, -0.1) is 0 Å². The van der Waals surface area contributed by atoms with E-state index in [0.29, 0.717) is 18.7 Å². The third kappa shape index (κ3) is 4.65. The third-order valence-corrected chi connectivity index (χ3v) is 6.04. The van der Waals surface area contributed by atoms with Crippen LogP contribution in [-0.2, 0) is 17.9 Å². The van der Waals surface area contributed by atoms with Gasteiger partial charge in [0.15, 0.2) is 0 Å². The van der Waals surface area contributed by atoms with Crippen molar-refractivity contribution < 1.29 is 9.59 Å². The van der Waals surface area contributed by atoms with Crippen molar-refractivity contribution in [1.29, 1.82) is 0 Å². The van der Waals surface area contributed by atoms with Crippen molar-refractivity contribution >= 4 is 44.8 Å². The highest BCUT2D eigenvalue weighted by molar-refractivity contribution is 9.10. The molecule has 1 aromatic carbocycles. The molecule has 1 saturated heterocycles. The predicted octanol–water partition coefficient (Wildman–Crippen LogP) is 3.02. The summed E-state index contributed by atoms with van der Waals surface area (Å²) >= 11 is 3.49. The Bertz CT molecular complexity index is 1090. The van der Waals surface area contributed by atoms with Crippen molar-refractivity contribution in [3.8, 4) is 0 Å². The van der Waals surface area contributed by atoms with E-state index in [0.717, 1.165) is 47.1 Å². The molecule has 8 heteroatoms. The van der Waals surface area contributed by atoms with Gasteiger partial charge in [0.1, 0.15) is 12.1 Å². The Morgan fingerprint density at radius 1 is 1.16 bits per heavy atom. The maximum absolute atomic E-state index is 13.3. The monoisotopic (exact) mass is 483 g/mol. The fourth-order valence-corrected chi connectivity index (χ4v) is 4.40. The molecule has 3 heterocycles. The van der Waals surface area contributed by atoms with E-state index in [1.54, 1.807) is 6.20 Å². The van der Waals surface area contributed by atoms with Crippen LogP contribution in [0.25, 0.3) is 10.9 Å². The van der Waals surface area contributed by atoms with E-state index in [-0.39, 0.29) is 12.5 Å². The molecule has 7 nitrogen and oxygen atoms in total. The summed E-state index contributed by atoms with van der Waals surface area (Å²) in [6.45, 7) is 3.84. The molecule has 1 aliphatic heterocycles. The number of anilines is 1. The quantitative estimate of drug-likeness (QED) is 0.504. The second-order valence-electron chi connectivity index (χ2n) is 8.06. The van der Waals surface area contributed by atoms with Crippen LogP contribution in [0.3, 0.4) is 0 Å². The highest BCUT2D eigenvalue weighted by Gasteiger charge is 2.25. The van der Waals surface area contributed by atoms with E-state index < -0.39 is 0 Å². The number of hydrogen-bond donors (Lipinski definition) is 0. The third-order valence-electron chi connectivity index (χ3n) is 5.54. The summed E-state index contributed by atoms with van der Waals surface area (Å²) in [5.74, 6) is 0.947. The number of fused-ring (bicyclic) bond motifs is 1. The van der Waals surface area contributed by atoms with Crippen LogP contribution in [0.2, 0.25) is 0 Å². The lowest BCUT2D eigenvalue weighted by Crippen LogP contribution is -2.49. The SMILES string of the molecule is CN(C)Cc1ccc(N2CCN(C(=O)c3cn(CC=O)c4ccc(Br)cc34)CC2)nc1. The molecule has 0 unspecified atom stereocenters. The molecule has 0 radical (unpaired) electrons. The van der Waals surface area contributed by atoms with Crippen LogP contribution in [0.1, 0.15) is 15.9 Å². The standard InChI is InChI=1S/C23H26BrN5O2/c1-26(2)15-17-3-6-22(25-14-17)27-7-9-28(10-8-27)23(31)20-16-29(11-12-30)21-5-4-18(24)13-19(20)21/h3-6,12-14,16H,7-11,15H2,1-2H3. The van der Waals surface area contributed by atoms with Crippen LogP contribution in [0.4, 0.5) is 5.82 Å². The lowest BCUT2D eigenvalue weighted by atomic mass is 10.1. The summed E-state index contributed by atoms with van der Waals surface area (Å²) < 4.78 is 2.74. The summed E-state index contributed by atoms with van der Waals surface area (Å²) in [6, 6.07) is 9.97. The summed E-state index contributed by atoms with van der Waals surface area (Å²) in [5.41, 5.74) is 2.71. The fraction of sp³-hybridized carbons (Fsp3) is 0.348. The van der Waals surface area contributed by atoms with E-state index >= 15 is 0 Å². The minimum Gasteiger partial charge on any atom is -0.353 e. The van der Waals surface area contributed by atoms with Gasteiger partial charge in [0, 0.05) is 60.5 Å². The number of halogens is 1. The summed E-state index contributed by atoms with van der Waals surface area (Å²) in [6.07, 6.45) is 4.57. The first-order chi connectivity index (χ1) is 15.0. The van der Waals surface area contributed by atoms with Gasteiger partial charge < -0.3 is 24.1 Å². The van der Waals surface area contributed by atoms with Gasteiger partial charge in [-0.25, -0.2) is 4.98 Å². The lowest BCUT2D eigenvalue weighted by Gasteiger charge is -2.35. The zero-order chi connectivity index (χ0) is 22.0. The number of benzene rings is 1. The predicted molar refractivity (Wildman–Crippen MR) is 125 cm³/mol. The van der Waals surface area contributed by atoms with Crippen molar-refractivity contribution in [2.45, 2.75) is 13.1 Å². The van der Waals surface area contributed by atoms with E-state index in [4.69, 9.17) is 0 Å². The topological polar surface area (TPSA) is 61.7 Å². The first kappa shape index (κ1) is 21.5.